The van der Waals surface area contributed by atoms with Crippen molar-refractivity contribution in [3.63, 3.8) is 0 Å². The minimum Gasteiger partial charge on any atom is -0.457 e. The Balaban J connectivity index is 1.89. The van der Waals surface area contributed by atoms with E-state index in [0.29, 0.717) is 22.2 Å². The summed E-state index contributed by atoms with van der Waals surface area (Å²) in [7, 11) is 0. The molecule has 3 aromatic rings. The molecule has 0 radical (unpaired) electrons. The molecule has 162 valence electrons. The van der Waals surface area contributed by atoms with Crippen molar-refractivity contribution in [2.75, 3.05) is 5.32 Å². The summed E-state index contributed by atoms with van der Waals surface area (Å²) in [5.41, 5.74) is 3.23. The summed E-state index contributed by atoms with van der Waals surface area (Å²) in [5.74, 6) is 0.448. The third-order valence-electron chi connectivity index (χ3n) is 4.92. The number of ether oxygens (including phenoxy) is 1. The van der Waals surface area contributed by atoms with Gasteiger partial charge in [-0.05, 0) is 51.8 Å². The Bertz CT molecular complexity index is 1170. The van der Waals surface area contributed by atoms with E-state index in [4.69, 9.17) is 16.3 Å². The maximum atomic E-state index is 12.8. The smallest absolute Gasteiger partial charge is 0.275 e. The van der Waals surface area contributed by atoms with Crippen molar-refractivity contribution in [1.82, 2.24) is 9.78 Å². The van der Waals surface area contributed by atoms with Crippen molar-refractivity contribution in [1.29, 1.82) is 0 Å². The van der Waals surface area contributed by atoms with E-state index >= 15 is 0 Å². The largest absolute Gasteiger partial charge is 0.457 e. The third-order valence-corrected chi connectivity index (χ3v) is 5.47. The minimum atomic E-state index is -0.672. The van der Waals surface area contributed by atoms with Crippen LogP contribution in [0.4, 0.5) is 11.4 Å². The molecule has 3 rings (SSSR count). The fourth-order valence-electron chi connectivity index (χ4n) is 3.14. The number of aromatic nitrogens is 2. The van der Waals surface area contributed by atoms with Crippen LogP contribution < -0.4 is 10.1 Å². The molecular formula is C22H23ClN4O4. The van der Waals surface area contributed by atoms with E-state index in [-0.39, 0.29) is 23.0 Å². The van der Waals surface area contributed by atoms with E-state index in [9.17, 15) is 14.9 Å². The zero-order valence-corrected chi connectivity index (χ0v) is 18.6. The maximum absolute atomic E-state index is 12.8. The second-order valence-electron chi connectivity index (χ2n) is 7.44. The molecule has 1 N–H and O–H groups in total. The third kappa shape index (κ3) is 4.86. The zero-order chi connectivity index (χ0) is 22.9. The fourth-order valence-corrected chi connectivity index (χ4v) is 3.27. The molecule has 2 aromatic carbocycles. The summed E-state index contributed by atoms with van der Waals surface area (Å²) in [4.78, 5) is 23.7. The van der Waals surface area contributed by atoms with Crippen molar-refractivity contribution >= 4 is 28.9 Å². The Morgan fingerprint density at radius 1 is 1.19 bits per heavy atom. The van der Waals surface area contributed by atoms with Crippen LogP contribution in [0.3, 0.4) is 0 Å². The number of nitro benzene ring substituents is 1. The number of nitrogens with zero attached hydrogens (tertiary/aromatic N) is 3. The topological polar surface area (TPSA) is 99.3 Å². The molecule has 0 saturated heterocycles. The van der Waals surface area contributed by atoms with E-state index in [1.807, 2.05) is 32.0 Å². The summed E-state index contributed by atoms with van der Waals surface area (Å²) < 4.78 is 7.42. The number of hydrogen-bond donors (Lipinski definition) is 1. The van der Waals surface area contributed by atoms with E-state index in [1.54, 1.807) is 26.8 Å². The molecule has 9 heteroatoms. The van der Waals surface area contributed by atoms with Crippen molar-refractivity contribution in [2.45, 2.75) is 40.7 Å². The molecule has 1 heterocycles. The van der Waals surface area contributed by atoms with Crippen LogP contribution in [0, 0.1) is 37.8 Å². The molecule has 8 nitrogen and oxygen atoms in total. The molecule has 0 aliphatic rings. The SMILES string of the molecule is Cc1ccc(C)c(Oc2cc(NC(=O)C(C)n3nc(C)c(Cl)c3C)cc([N+](=O)[O-])c2)c1. The van der Waals surface area contributed by atoms with Gasteiger partial charge in [0.2, 0.25) is 5.91 Å². The summed E-state index contributed by atoms with van der Waals surface area (Å²) in [5, 5.41) is 18.9. The average molecular weight is 443 g/mol. The van der Waals surface area contributed by atoms with Crippen molar-refractivity contribution in [2.24, 2.45) is 0 Å². The average Bonchev–Trinajstić information content (AvgIpc) is 2.97. The van der Waals surface area contributed by atoms with Gasteiger partial charge in [0.15, 0.2) is 0 Å². The highest BCUT2D eigenvalue weighted by Gasteiger charge is 2.22. The van der Waals surface area contributed by atoms with Gasteiger partial charge >= 0.3 is 0 Å². The Labute approximate surface area is 184 Å². The molecule has 0 saturated carbocycles. The van der Waals surface area contributed by atoms with Crippen molar-refractivity contribution in [3.05, 3.63) is 74.0 Å². The lowest BCUT2D eigenvalue weighted by Gasteiger charge is -2.15. The van der Waals surface area contributed by atoms with Gasteiger partial charge in [-0.3, -0.25) is 19.6 Å². The Kier molecular flexibility index (Phi) is 6.31. The highest BCUT2D eigenvalue weighted by Crippen LogP contribution is 2.32. The molecule has 0 spiro atoms. The molecule has 31 heavy (non-hydrogen) atoms. The van der Waals surface area contributed by atoms with Gasteiger partial charge in [-0.15, -0.1) is 0 Å². The van der Waals surface area contributed by atoms with Crippen LogP contribution >= 0.6 is 11.6 Å². The predicted octanol–water partition coefficient (Wildman–Crippen LogP) is 5.67. The second kappa shape index (κ2) is 8.77. The molecule has 1 amide bonds. The quantitative estimate of drug-likeness (QED) is 0.391. The highest BCUT2D eigenvalue weighted by atomic mass is 35.5. The first-order chi connectivity index (χ1) is 14.6. The lowest BCUT2D eigenvalue weighted by atomic mass is 10.1. The summed E-state index contributed by atoms with van der Waals surface area (Å²) in [6.07, 6.45) is 0. The van der Waals surface area contributed by atoms with E-state index in [2.05, 4.69) is 10.4 Å². The van der Waals surface area contributed by atoms with Crippen LogP contribution in [-0.4, -0.2) is 20.6 Å². The van der Waals surface area contributed by atoms with Gasteiger partial charge in [-0.2, -0.15) is 5.10 Å². The number of nitro groups is 1. The Hall–Kier alpha value is -3.39. The van der Waals surface area contributed by atoms with Crippen molar-refractivity contribution in [3.8, 4) is 11.5 Å². The van der Waals surface area contributed by atoms with Crippen molar-refractivity contribution < 1.29 is 14.5 Å². The van der Waals surface area contributed by atoms with Gasteiger partial charge in [-0.25, -0.2) is 0 Å². The first-order valence-corrected chi connectivity index (χ1v) is 10.0. The first kappa shape index (κ1) is 22.3. The van der Waals surface area contributed by atoms with Crippen LogP contribution in [0.15, 0.2) is 36.4 Å². The van der Waals surface area contributed by atoms with Gasteiger partial charge in [0.05, 0.1) is 33.1 Å². The van der Waals surface area contributed by atoms with Gasteiger partial charge in [0, 0.05) is 12.1 Å². The van der Waals surface area contributed by atoms with Crippen LogP contribution in [0.5, 0.6) is 11.5 Å². The number of hydrogen-bond acceptors (Lipinski definition) is 5. The number of benzene rings is 2. The summed E-state index contributed by atoms with van der Waals surface area (Å²) in [6.45, 7) is 9.02. The van der Waals surface area contributed by atoms with Crippen LogP contribution in [0.1, 0.15) is 35.5 Å². The number of halogens is 1. The van der Waals surface area contributed by atoms with Gasteiger partial charge in [0.25, 0.3) is 5.69 Å². The van der Waals surface area contributed by atoms with Gasteiger partial charge in [-0.1, -0.05) is 23.7 Å². The van der Waals surface area contributed by atoms with Crippen LogP contribution in [0.25, 0.3) is 0 Å². The number of non-ortho nitro benzene ring substituents is 1. The number of nitrogens with one attached hydrogen (secondary N) is 1. The molecule has 0 bridgehead atoms. The zero-order valence-electron chi connectivity index (χ0n) is 17.9. The molecular weight excluding hydrogens is 420 g/mol. The Morgan fingerprint density at radius 3 is 2.52 bits per heavy atom. The minimum absolute atomic E-state index is 0.195. The number of carbonyl (C=O) groups excluding carboxylic acids is 1. The summed E-state index contributed by atoms with van der Waals surface area (Å²) in [6, 6.07) is 9.19. The second-order valence-corrected chi connectivity index (χ2v) is 7.82. The number of amides is 1. The van der Waals surface area contributed by atoms with E-state index in [1.165, 1.54) is 16.8 Å². The lowest BCUT2D eigenvalue weighted by molar-refractivity contribution is -0.384. The number of aryl methyl sites for hydroxylation is 3. The van der Waals surface area contributed by atoms with Crippen LogP contribution in [0.2, 0.25) is 5.02 Å². The maximum Gasteiger partial charge on any atom is 0.275 e. The van der Waals surface area contributed by atoms with E-state index in [0.717, 1.165) is 11.1 Å². The highest BCUT2D eigenvalue weighted by molar-refractivity contribution is 6.31. The molecule has 0 aliphatic carbocycles. The molecule has 1 atom stereocenters. The first-order valence-electron chi connectivity index (χ1n) is 9.63. The van der Waals surface area contributed by atoms with Gasteiger partial charge < -0.3 is 10.1 Å². The number of rotatable bonds is 6. The molecule has 0 fully saturated rings. The molecule has 1 aromatic heterocycles. The molecule has 0 aliphatic heterocycles. The summed E-state index contributed by atoms with van der Waals surface area (Å²) >= 11 is 6.18. The van der Waals surface area contributed by atoms with Crippen LogP contribution in [-0.2, 0) is 4.79 Å². The normalized spacial score (nSPS) is 11.8. The Morgan fingerprint density at radius 2 is 1.90 bits per heavy atom. The lowest BCUT2D eigenvalue weighted by Crippen LogP contribution is -2.25. The molecule has 1 unspecified atom stereocenters. The fraction of sp³-hybridized carbons (Fsp3) is 0.273. The van der Waals surface area contributed by atoms with E-state index < -0.39 is 11.0 Å². The number of carbonyl (C=O) groups is 1. The van der Waals surface area contributed by atoms with Gasteiger partial charge in [0.1, 0.15) is 17.5 Å². The monoisotopic (exact) mass is 442 g/mol. The number of anilines is 1. The predicted molar refractivity (Wildman–Crippen MR) is 119 cm³/mol. The standard InChI is InChI=1S/C22H23ClN4O4/c1-12-6-7-13(2)20(8-12)31-19-10-17(9-18(11-19)27(29)30)24-22(28)16(5)26-15(4)21(23)14(3)25-26/h6-11,16H,1-5H3,(H,24,28).